The Morgan fingerprint density at radius 1 is 0.947 bits per heavy atom. The van der Waals surface area contributed by atoms with Gasteiger partial charge < -0.3 is 20.7 Å². The molecule has 0 unspecified atom stereocenters. The molecule has 7 nitrogen and oxygen atoms in total. The van der Waals surface area contributed by atoms with E-state index in [9.17, 15) is 13.2 Å². The van der Waals surface area contributed by atoms with Gasteiger partial charge in [0.25, 0.3) is 0 Å². The van der Waals surface area contributed by atoms with Gasteiger partial charge >= 0.3 is 12.1 Å². The van der Waals surface area contributed by atoms with Gasteiger partial charge in [0.15, 0.2) is 0 Å². The van der Waals surface area contributed by atoms with Crippen LogP contribution in [-0.2, 0) is 11.3 Å². The Labute approximate surface area is 218 Å². The fourth-order valence-electron chi connectivity index (χ4n) is 4.18. The molecule has 10 heteroatoms. The van der Waals surface area contributed by atoms with Crippen LogP contribution in [0.1, 0.15) is 5.56 Å². The topological polar surface area (TPSA) is 93.3 Å². The summed E-state index contributed by atoms with van der Waals surface area (Å²) in [5.41, 5.74) is 6.96. The number of alkyl halides is 3. The van der Waals surface area contributed by atoms with Crippen molar-refractivity contribution in [1.82, 2.24) is 25.5 Å². The number of aromatic amines is 1. The summed E-state index contributed by atoms with van der Waals surface area (Å²) >= 11 is 0. The molecule has 0 amide bonds. The first kappa shape index (κ1) is 27.3. The molecule has 0 radical (unpaired) electrons. The lowest BCUT2D eigenvalue weighted by molar-refractivity contribution is -0.192. The molecule has 0 spiro atoms. The minimum Gasteiger partial charge on any atom is -0.475 e. The van der Waals surface area contributed by atoms with Crippen LogP contribution >= 0.6 is 0 Å². The molecular formula is C28H30F3N5O2. The van der Waals surface area contributed by atoms with Crippen molar-refractivity contribution in [2.24, 2.45) is 0 Å². The molecule has 38 heavy (non-hydrogen) atoms. The van der Waals surface area contributed by atoms with E-state index in [1.807, 2.05) is 18.2 Å². The number of piperazine rings is 1. The monoisotopic (exact) mass is 525 g/mol. The van der Waals surface area contributed by atoms with E-state index in [4.69, 9.17) is 14.9 Å². The van der Waals surface area contributed by atoms with E-state index < -0.39 is 12.1 Å². The van der Waals surface area contributed by atoms with Crippen LogP contribution in [0.4, 0.5) is 13.2 Å². The number of benzene rings is 3. The van der Waals surface area contributed by atoms with Gasteiger partial charge in [0.1, 0.15) is 5.82 Å². The SMILES string of the molecule is O=C(O)C(F)(F)F.c1cc(CNCCN2CCNCC2)cc(-c2ccc(-c3nc4ccccc4[nH]3)cc2)c1. The highest BCUT2D eigenvalue weighted by atomic mass is 19.4. The van der Waals surface area contributed by atoms with Gasteiger partial charge in [0.05, 0.1) is 11.0 Å². The van der Waals surface area contributed by atoms with Gasteiger partial charge in [-0.15, -0.1) is 0 Å². The number of carboxylic acid groups (broad SMARTS) is 1. The number of para-hydroxylation sites is 2. The van der Waals surface area contributed by atoms with Crippen LogP contribution in [0.25, 0.3) is 33.5 Å². The Morgan fingerprint density at radius 2 is 1.63 bits per heavy atom. The Kier molecular flexibility index (Phi) is 9.11. The van der Waals surface area contributed by atoms with Crippen molar-refractivity contribution in [3.8, 4) is 22.5 Å². The summed E-state index contributed by atoms with van der Waals surface area (Å²) in [5, 5.41) is 14.1. The number of hydrogen-bond donors (Lipinski definition) is 4. The lowest BCUT2D eigenvalue weighted by Gasteiger charge is -2.27. The molecule has 3 aromatic carbocycles. The molecule has 1 aromatic heterocycles. The fourth-order valence-corrected chi connectivity index (χ4v) is 4.18. The van der Waals surface area contributed by atoms with Gasteiger partial charge in [-0.3, -0.25) is 4.90 Å². The number of nitrogens with one attached hydrogen (secondary N) is 3. The zero-order valence-electron chi connectivity index (χ0n) is 20.8. The smallest absolute Gasteiger partial charge is 0.475 e. The molecule has 1 aliphatic heterocycles. The molecule has 0 bridgehead atoms. The number of hydrogen-bond acceptors (Lipinski definition) is 5. The highest BCUT2D eigenvalue weighted by Gasteiger charge is 2.38. The zero-order chi connectivity index (χ0) is 27.0. The second kappa shape index (κ2) is 12.7. The van der Waals surface area contributed by atoms with E-state index in [0.29, 0.717) is 0 Å². The van der Waals surface area contributed by atoms with Crippen LogP contribution in [0.3, 0.4) is 0 Å². The van der Waals surface area contributed by atoms with Gasteiger partial charge in [0, 0.05) is 51.4 Å². The predicted molar refractivity (Wildman–Crippen MR) is 142 cm³/mol. The Morgan fingerprint density at radius 3 is 2.32 bits per heavy atom. The summed E-state index contributed by atoms with van der Waals surface area (Å²) in [6, 6.07) is 25.6. The number of H-pyrrole nitrogens is 1. The fraction of sp³-hybridized carbons (Fsp3) is 0.286. The van der Waals surface area contributed by atoms with Crippen molar-refractivity contribution in [3.05, 3.63) is 78.4 Å². The van der Waals surface area contributed by atoms with Crippen LogP contribution < -0.4 is 10.6 Å². The van der Waals surface area contributed by atoms with Gasteiger partial charge in [-0.05, 0) is 34.9 Å². The maximum Gasteiger partial charge on any atom is 0.490 e. The van der Waals surface area contributed by atoms with E-state index in [0.717, 1.165) is 68.2 Å². The molecule has 5 rings (SSSR count). The van der Waals surface area contributed by atoms with Crippen molar-refractivity contribution in [1.29, 1.82) is 0 Å². The van der Waals surface area contributed by atoms with Crippen LogP contribution in [-0.4, -0.2) is 71.4 Å². The number of carboxylic acids is 1. The molecule has 1 fully saturated rings. The molecule has 1 saturated heterocycles. The average molecular weight is 526 g/mol. The predicted octanol–water partition coefficient (Wildman–Crippen LogP) is 4.53. The molecule has 2 heterocycles. The third-order valence-corrected chi connectivity index (χ3v) is 6.19. The molecule has 0 aliphatic carbocycles. The number of imidazole rings is 1. The van der Waals surface area contributed by atoms with Gasteiger partial charge in [-0.25, -0.2) is 9.78 Å². The van der Waals surface area contributed by atoms with E-state index in [1.54, 1.807) is 0 Å². The van der Waals surface area contributed by atoms with E-state index >= 15 is 0 Å². The molecule has 200 valence electrons. The molecule has 0 atom stereocenters. The minimum absolute atomic E-state index is 0.900. The Balaban J connectivity index is 0.000000426. The molecular weight excluding hydrogens is 495 g/mol. The largest absolute Gasteiger partial charge is 0.490 e. The average Bonchev–Trinajstić information content (AvgIpc) is 3.36. The van der Waals surface area contributed by atoms with E-state index in [-0.39, 0.29) is 0 Å². The second-order valence-corrected chi connectivity index (χ2v) is 8.95. The summed E-state index contributed by atoms with van der Waals surface area (Å²) in [4.78, 5) is 19.5. The number of aromatic nitrogens is 2. The highest BCUT2D eigenvalue weighted by Crippen LogP contribution is 2.25. The summed E-state index contributed by atoms with van der Waals surface area (Å²) in [6.07, 6.45) is -5.08. The lowest BCUT2D eigenvalue weighted by Crippen LogP contribution is -2.45. The lowest BCUT2D eigenvalue weighted by atomic mass is 10.0. The van der Waals surface area contributed by atoms with Crippen molar-refractivity contribution in [2.45, 2.75) is 12.7 Å². The summed E-state index contributed by atoms with van der Waals surface area (Å²) < 4.78 is 31.7. The second-order valence-electron chi connectivity index (χ2n) is 8.95. The number of aliphatic carboxylic acids is 1. The van der Waals surface area contributed by atoms with Crippen molar-refractivity contribution >= 4 is 17.0 Å². The first-order chi connectivity index (χ1) is 18.3. The Hall–Kier alpha value is -3.73. The first-order valence-electron chi connectivity index (χ1n) is 12.4. The van der Waals surface area contributed by atoms with Crippen molar-refractivity contribution < 1.29 is 23.1 Å². The maximum atomic E-state index is 10.6. The van der Waals surface area contributed by atoms with Gasteiger partial charge in [-0.1, -0.05) is 54.6 Å². The normalized spacial score (nSPS) is 14.2. The number of rotatable bonds is 7. The minimum atomic E-state index is -5.08. The number of carbonyl (C=O) groups is 1. The third kappa shape index (κ3) is 7.64. The Bertz CT molecular complexity index is 1300. The van der Waals surface area contributed by atoms with Crippen LogP contribution in [0.15, 0.2) is 72.8 Å². The first-order valence-corrected chi connectivity index (χ1v) is 12.4. The van der Waals surface area contributed by atoms with Crippen molar-refractivity contribution in [3.63, 3.8) is 0 Å². The highest BCUT2D eigenvalue weighted by molar-refractivity contribution is 5.79. The summed E-state index contributed by atoms with van der Waals surface area (Å²) in [5.74, 6) is -1.84. The number of fused-ring (bicyclic) bond motifs is 1. The molecule has 1 aliphatic rings. The maximum absolute atomic E-state index is 10.6. The molecule has 4 aromatic rings. The summed E-state index contributed by atoms with van der Waals surface area (Å²) in [7, 11) is 0. The van der Waals surface area contributed by atoms with Crippen LogP contribution in [0.5, 0.6) is 0 Å². The quantitative estimate of drug-likeness (QED) is 0.265. The standard InChI is InChI=1S/C26H29N5.C2HF3O2/c1-2-7-25-24(6-1)29-26(30-25)22-10-8-21(9-11-22)23-5-3-4-20(18-23)19-28-14-17-31-15-12-27-13-16-31;3-2(4,5)1(6)7/h1-11,18,27-28H,12-17,19H2,(H,29,30);(H,6,7). The molecule has 4 N–H and O–H groups in total. The van der Waals surface area contributed by atoms with Gasteiger partial charge in [0.2, 0.25) is 0 Å². The number of halogens is 3. The molecule has 0 saturated carbocycles. The van der Waals surface area contributed by atoms with Crippen molar-refractivity contribution in [2.75, 3.05) is 39.3 Å². The van der Waals surface area contributed by atoms with E-state index in [2.05, 4.69) is 75.1 Å². The van der Waals surface area contributed by atoms with Crippen LogP contribution in [0, 0.1) is 0 Å². The zero-order valence-corrected chi connectivity index (χ0v) is 20.8. The summed E-state index contributed by atoms with van der Waals surface area (Å²) in [6.45, 7) is 7.56. The van der Waals surface area contributed by atoms with Gasteiger partial charge in [-0.2, -0.15) is 13.2 Å². The number of nitrogens with zero attached hydrogens (tertiary/aromatic N) is 2. The van der Waals surface area contributed by atoms with E-state index in [1.165, 1.54) is 16.7 Å². The van der Waals surface area contributed by atoms with Crippen LogP contribution in [0.2, 0.25) is 0 Å². The third-order valence-electron chi connectivity index (χ3n) is 6.19.